The van der Waals surface area contributed by atoms with Crippen molar-refractivity contribution >= 4 is 5.91 Å². The van der Waals surface area contributed by atoms with Gasteiger partial charge in [-0.3, -0.25) is 4.79 Å². The van der Waals surface area contributed by atoms with Gasteiger partial charge in [-0.1, -0.05) is 5.16 Å². The first-order chi connectivity index (χ1) is 9.22. The van der Waals surface area contributed by atoms with Crippen molar-refractivity contribution in [2.75, 3.05) is 6.54 Å². The van der Waals surface area contributed by atoms with Gasteiger partial charge in [0.2, 0.25) is 0 Å². The highest BCUT2D eigenvalue weighted by molar-refractivity contribution is 5.92. The number of hydrogen-bond acceptors (Lipinski definition) is 4. The maximum Gasteiger partial charge on any atom is 0.273 e. The molecule has 1 aliphatic rings. The van der Waals surface area contributed by atoms with Crippen LogP contribution in [0.25, 0.3) is 0 Å². The molecule has 0 spiro atoms. The molecule has 1 N–H and O–H groups in total. The van der Waals surface area contributed by atoms with Gasteiger partial charge < -0.3 is 14.4 Å². The molecule has 0 unspecified atom stereocenters. The summed E-state index contributed by atoms with van der Waals surface area (Å²) in [6.07, 6.45) is 5.80. The average Bonchev–Trinajstić information content (AvgIpc) is 3.03. The Labute approximate surface area is 110 Å². The van der Waals surface area contributed by atoms with Crippen LogP contribution in [0.3, 0.4) is 0 Å². The summed E-state index contributed by atoms with van der Waals surface area (Å²) in [6, 6.07) is 1.64. The molecule has 3 rings (SSSR count). The zero-order valence-electron chi connectivity index (χ0n) is 10.8. The zero-order valence-corrected chi connectivity index (χ0v) is 10.8. The van der Waals surface area contributed by atoms with Gasteiger partial charge in [0.25, 0.3) is 5.91 Å². The van der Waals surface area contributed by atoms with E-state index in [9.17, 15) is 4.79 Å². The highest BCUT2D eigenvalue weighted by atomic mass is 16.5. The van der Waals surface area contributed by atoms with Gasteiger partial charge in [0.15, 0.2) is 5.69 Å². The van der Waals surface area contributed by atoms with Gasteiger partial charge >= 0.3 is 0 Å². The van der Waals surface area contributed by atoms with Crippen molar-refractivity contribution in [3.63, 3.8) is 0 Å². The van der Waals surface area contributed by atoms with E-state index in [1.54, 1.807) is 13.0 Å². The van der Waals surface area contributed by atoms with E-state index in [2.05, 4.69) is 20.0 Å². The Kier molecular flexibility index (Phi) is 3.06. The number of aromatic nitrogens is 3. The lowest BCUT2D eigenvalue weighted by Crippen LogP contribution is -2.33. The number of nitrogens with zero attached hydrogens (tertiary/aromatic N) is 3. The third-order valence-corrected chi connectivity index (χ3v) is 3.46. The summed E-state index contributed by atoms with van der Waals surface area (Å²) in [6.45, 7) is 3.39. The third kappa shape index (κ3) is 2.52. The van der Waals surface area contributed by atoms with Crippen LogP contribution in [0.4, 0.5) is 0 Å². The van der Waals surface area contributed by atoms with Crippen molar-refractivity contribution in [1.82, 2.24) is 20.0 Å². The van der Waals surface area contributed by atoms with Crippen LogP contribution < -0.4 is 5.32 Å². The molecule has 0 aromatic carbocycles. The predicted molar refractivity (Wildman–Crippen MR) is 67.6 cm³/mol. The summed E-state index contributed by atoms with van der Waals surface area (Å²) < 4.78 is 7.06. The fourth-order valence-electron chi connectivity index (χ4n) is 2.39. The number of amides is 1. The average molecular weight is 260 g/mol. The molecule has 0 saturated heterocycles. The monoisotopic (exact) mass is 260 g/mol. The van der Waals surface area contributed by atoms with Crippen LogP contribution in [-0.4, -0.2) is 27.2 Å². The second-order valence-corrected chi connectivity index (χ2v) is 4.93. The Bertz CT molecular complexity index is 587. The summed E-state index contributed by atoms with van der Waals surface area (Å²) in [7, 11) is 0. The highest BCUT2D eigenvalue weighted by Crippen LogP contribution is 2.18. The molecule has 100 valence electrons. The van der Waals surface area contributed by atoms with Crippen molar-refractivity contribution in [3.8, 4) is 0 Å². The van der Waals surface area contributed by atoms with Crippen molar-refractivity contribution in [3.05, 3.63) is 35.7 Å². The fourth-order valence-corrected chi connectivity index (χ4v) is 2.39. The van der Waals surface area contributed by atoms with Crippen molar-refractivity contribution in [1.29, 1.82) is 0 Å². The lowest BCUT2D eigenvalue weighted by molar-refractivity contribution is 0.0935. The van der Waals surface area contributed by atoms with Crippen molar-refractivity contribution < 1.29 is 9.32 Å². The molecule has 0 bridgehead atoms. The summed E-state index contributed by atoms with van der Waals surface area (Å²) in [5, 5.41) is 6.61. The Hall–Kier alpha value is -2.11. The van der Waals surface area contributed by atoms with Gasteiger partial charge in [-0.15, -0.1) is 0 Å². The van der Waals surface area contributed by atoms with Crippen LogP contribution in [0.1, 0.15) is 28.5 Å². The molecule has 1 amide bonds. The Morgan fingerprint density at radius 3 is 3.32 bits per heavy atom. The molecule has 3 heterocycles. The fraction of sp³-hybridized carbons (Fsp3) is 0.462. The first-order valence-electron chi connectivity index (χ1n) is 6.44. The maximum absolute atomic E-state index is 11.8. The standard InChI is InChI=1S/C13H16N4O2/c1-9-6-11(16-19-9)13(18)15-8-10-2-4-17-5-3-14-12(17)7-10/h3,5-6,10H,2,4,7-8H2,1H3,(H,15,18)/t10-/m1/s1. The number of rotatable bonds is 3. The SMILES string of the molecule is Cc1cc(C(=O)NC[C@@H]2CCn3ccnc3C2)no1. The van der Waals surface area contributed by atoms with Crippen LogP contribution in [0.5, 0.6) is 0 Å². The minimum Gasteiger partial charge on any atom is -0.361 e. The number of hydrogen-bond donors (Lipinski definition) is 1. The summed E-state index contributed by atoms with van der Waals surface area (Å²) in [5.74, 6) is 2.00. The predicted octanol–water partition coefficient (Wildman–Crippen LogP) is 1.17. The van der Waals surface area contributed by atoms with Crippen molar-refractivity contribution in [2.24, 2.45) is 5.92 Å². The zero-order chi connectivity index (χ0) is 13.2. The van der Waals surface area contributed by atoms with E-state index in [-0.39, 0.29) is 5.91 Å². The molecule has 19 heavy (non-hydrogen) atoms. The largest absolute Gasteiger partial charge is 0.361 e. The normalized spacial score (nSPS) is 18.1. The second kappa shape index (κ2) is 4.87. The molecule has 2 aromatic rings. The van der Waals surface area contributed by atoms with Crippen LogP contribution in [0.2, 0.25) is 0 Å². The molecule has 1 atom stereocenters. The Morgan fingerprint density at radius 2 is 2.53 bits per heavy atom. The van der Waals surface area contributed by atoms with Gasteiger partial charge in [0.05, 0.1) is 0 Å². The van der Waals surface area contributed by atoms with E-state index >= 15 is 0 Å². The number of carbonyl (C=O) groups is 1. The van der Waals surface area contributed by atoms with Crippen molar-refractivity contribution in [2.45, 2.75) is 26.3 Å². The van der Waals surface area contributed by atoms with Crippen LogP contribution in [-0.2, 0) is 13.0 Å². The minimum absolute atomic E-state index is 0.175. The summed E-state index contributed by atoms with van der Waals surface area (Å²) in [5.41, 5.74) is 0.342. The lowest BCUT2D eigenvalue weighted by Gasteiger charge is -2.23. The van der Waals surface area contributed by atoms with E-state index in [4.69, 9.17) is 4.52 Å². The highest BCUT2D eigenvalue weighted by Gasteiger charge is 2.20. The topological polar surface area (TPSA) is 73.0 Å². The molecule has 0 saturated carbocycles. The van der Waals surface area contributed by atoms with E-state index in [0.29, 0.717) is 23.9 Å². The first kappa shape index (κ1) is 12.0. The van der Waals surface area contributed by atoms with Gasteiger partial charge in [0.1, 0.15) is 11.6 Å². The van der Waals surface area contributed by atoms with Crippen LogP contribution >= 0.6 is 0 Å². The first-order valence-corrected chi connectivity index (χ1v) is 6.44. The quantitative estimate of drug-likeness (QED) is 0.899. The van der Waals surface area contributed by atoms with Gasteiger partial charge in [-0.05, 0) is 19.3 Å². The number of carbonyl (C=O) groups excluding carboxylic acids is 1. The molecule has 0 aliphatic carbocycles. The molecule has 2 aromatic heterocycles. The Morgan fingerprint density at radius 1 is 1.63 bits per heavy atom. The molecule has 6 nitrogen and oxygen atoms in total. The van der Waals surface area contributed by atoms with Gasteiger partial charge in [0, 0.05) is 38.0 Å². The van der Waals surface area contributed by atoms with Gasteiger partial charge in [-0.2, -0.15) is 0 Å². The third-order valence-electron chi connectivity index (χ3n) is 3.46. The smallest absolute Gasteiger partial charge is 0.273 e. The molecular formula is C13H16N4O2. The molecule has 0 fully saturated rings. The van der Waals surface area contributed by atoms with Gasteiger partial charge in [-0.25, -0.2) is 4.98 Å². The second-order valence-electron chi connectivity index (χ2n) is 4.93. The summed E-state index contributed by atoms with van der Waals surface area (Å²) >= 11 is 0. The molecular weight excluding hydrogens is 244 g/mol. The lowest BCUT2D eigenvalue weighted by atomic mass is 9.98. The molecule has 0 radical (unpaired) electrons. The van der Waals surface area contributed by atoms with Crippen LogP contribution in [0.15, 0.2) is 23.0 Å². The maximum atomic E-state index is 11.8. The number of fused-ring (bicyclic) bond motifs is 1. The molecule has 6 heteroatoms. The molecule has 1 aliphatic heterocycles. The van der Waals surface area contributed by atoms with E-state index < -0.39 is 0 Å². The van der Waals surface area contributed by atoms with E-state index in [1.165, 1.54) is 0 Å². The number of aryl methyl sites for hydroxylation is 2. The van der Waals surface area contributed by atoms with Crippen LogP contribution in [0, 0.1) is 12.8 Å². The minimum atomic E-state index is -0.175. The summed E-state index contributed by atoms with van der Waals surface area (Å²) in [4.78, 5) is 16.2. The Balaban J connectivity index is 1.55. The van der Waals surface area contributed by atoms with E-state index in [0.717, 1.165) is 25.2 Å². The number of imidazole rings is 1. The van der Waals surface area contributed by atoms with E-state index in [1.807, 2.05) is 12.4 Å². The number of nitrogens with one attached hydrogen (secondary N) is 1.